The Bertz CT molecular complexity index is 522. The van der Waals surface area contributed by atoms with Crippen LogP contribution in [-0.4, -0.2) is 23.5 Å². The van der Waals surface area contributed by atoms with Gasteiger partial charge in [0, 0.05) is 24.5 Å². The maximum atomic E-state index is 5.96. The van der Waals surface area contributed by atoms with Gasteiger partial charge in [0.2, 0.25) is 0 Å². The molecule has 0 aliphatic rings. The largest absolute Gasteiger partial charge is 0.329 e. The number of thiazole rings is 1. The van der Waals surface area contributed by atoms with Crippen molar-refractivity contribution in [1.29, 1.82) is 0 Å². The minimum Gasteiger partial charge on any atom is -0.329 e. The molecule has 0 aliphatic carbocycles. The van der Waals surface area contributed by atoms with E-state index < -0.39 is 0 Å². The number of aryl methyl sites for hydroxylation is 2. The van der Waals surface area contributed by atoms with Crippen LogP contribution in [0.5, 0.6) is 0 Å². The van der Waals surface area contributed by atoms with E-state index in [-0.39, 0.29) is 6.04 Å². The molecule has 1 atom stereocenters. The lowest BCUT2D eigenvalue weighted by molar-refractivity contribution is 0.239. The quantitative estimate of drug-likeness (QED) is 0.912. The third-order valence-corrected chi connectivity index (χ3v) is 4.20. The van der Waals surface area contributed by atoms with E-state index in [4.69, 9.17) is 5.73 Å². The first-order chi connectivity index (χ1) is 9.11. The van der Waals surface area contributed by atoms with Crippen LogP contribution >= 0.6 is 11.3 Å². The van der Waals surface area contributed by atoms with Crippen LogP contribution in [-0.2, 0) is 6.54 Å². The monoisotopic (exact) mass is 275 g/mol. The predicted molar refractivity (Wildman–Crippen MR) is 81.3 cm³/mol. The first-order valence-corrected chi connectivity index (χ1v) is 7.40. The summed E-state index contributed by atoms with van der Waals surface area (Å²) in [5.41, 5.74) is 12.9. The van der Waals surface area contributed by atoms with E-state index in [0.717, 1.165) is 12.2 Å². The van der Waals surface area contributed by atoms with Gasteiger partial charge in [-0.15, -0.1) is 11.3 Å². The summed E-state index contributed by atoms with van der Waals surface area (Å²) in [6.45, 7) is 5.73. The average molecular weight is 275 g/mol. The minimum atomic E-state index is 0.237. The number of rotatable bonds is 5. The van der Waals surface area contributed by atoms with Crippen LogP contribution in [0.1, 0.15) is 28.4 Å². The van der Waals surface area contributed by atoms with Gasteiger partial charge in [0.25, 0.3) is 0 Å². The zero-order chi connectivity index (χ0) is 13.8. The molecule has 1 aromatic heterocycles. The van der Waals surface area contributed by atoms with Crippen LogP contribution < -0.4 is 5.73 Å². The lowest BCUT2D eigenvalue weighted by Crippen LogP contribution is -2.30. The number of nitrogens with zero attached hydrogens (tertiary/aromatic N) is 2. The lowest BCUT2D eigenvalue weighted by atomic mass is 10.00. The molecular weight excluding hydrogens is 254 g/mol. The molecule has 0 fully saturated rings. The van der Waals surface area contributed by atoms with E-state index in [1.807, 2.05) is 5.51 Å². The number of hydrogen-bond acceptors (Lipinski definition) is 4. The second-order valence-electron chi connectivity index (χ2n) is 4.99. The Morgan fingerprint density at radius 2 is 2.11 bits per heavy atom. The van der Waals surface area contributed by atoms with Gasteiger partial charge in [-0.05, 0) is 37.6 Å². The molecule has 0 aliphatic heterocycles. The summed E-state index contributed by atoms with van der Waals surface area (Å²) in [4.78, 5) is 6.60. The van der Waals surface area contributed by atoms with Crippen molar-refractivity contribution in [3.05, 3.63) is 51.5 Å². The summed E-state index contributed by atoms with van der Waals surface area (Å²) >= 11 is 1.63. The van der Waals surface area contributed by atoms with E-state index in [1.165, 1.54) is 16.7 Å². The molecule has 0 radical (unpaired) electrons. The highest BCUT2D eigenvalue weighted by atomic mass is 32.1. The number of benzene rings is 1. The third-order valence-electron chi connectivity index (χ3n) is 3.57. The van der Waals surface area contributed by atoms with Crippen molar-refractivity contribution in [2.45, 2.75) is 26.4 Å². The Labute approximate surface area is 119 Å². The molecule has 2 aromatic rings. The molecular formula is C15H21N3S. The van der Waals surface area contributed by atoms with Crippen LogP contribution in [0.3, 0.4) is 0 Å². The molecule has 0 bridgehead atoms. The highest BCUT2D eigenvalue weighted by Gasteiger charge is 2.16. The molecule has 19 heavy (non-hydrogen) atoms. The zero-order valence-electron chi connectivity index (χ0n) is 11.8. The summed E-state index contributed by atoms with van der Waals surface area (Å²) in [5, 5.41) is 2.09. The van der Waals surface area contributed by atoms with E-state index >= 15 is 0 Å². The molecule has 102 valence electrons. The SMILES string of the molecule is Cc1ccc(C(CN)N(C)Cc2cscn2)cc1C. The molecule has 1 aromatic carbocycles. The van der Waals surface area contributed by atoms with Gasteiger partial charge in [-0.3, -0.25) is 4.90 Å². The van der Waals surface area contributed by atoms with Gasteiger partial charge in [-0.1, -0.05) is 18.2 Å². The average Bonchev–Trinajstić information content (AvgIpc) is 2.87. The van der Waals surface area contributed by atoms with Gasteiger partial charge in [-0.25, -0.2) is 4.98 Å². The van der Waals surface area contributed by atoms with E-state index in [2.05, 4.69) is 54.4 Å². The second-order valence-corrected chi connectivity index (χ2v) is 5.71. The van der Waals surface area contributed by atoms with Gasteiger partial charge in [0.1, 0.15) is 0 Å². The van der Waals surface area contributed by atoms with Crippen LogP contribution in [0.15, 0.2) is 29.1 Å². The van der Waals surface area contributed by atoms with Gasteiger partial charge in [0.15, 0.2) is 0 Å². The van der Waals surface area contributed by atoms with Crippen molar-refractivity contribution in [3.8, 4) is 0 Å². The molecule has 2 N–H and O–H groups in total. The van der Waals surface area contributed by atoms with Gasteiger partial charge < -0.3 is 5.73 Å². The zero-order valence-corrected chi connectivity index (χ0v) is 12.6. The fourth-order valence-electron chi connectivity index (χ4n) is 2.22. The van der Waals surface area contributed by atoms with Crippen LogP contribution in [0, 0.1) is 13.8 Å². The smallest absolute Gasteiger partial charge is 0.0795 e. The van der Waals surface area contributed by atoms with Crippen molar-refractivity contribution < 1.29 is 0 Å². The van der Waals surface area contributed by atoms with Gasteiger partial charge in [0.05, 0.1) is 11.2 Å². The van der Waals surface area contributed by atoms with Crippen molar-refractivity contribution in [1.82, 2.24) is 9.88 Å². The van der Waals surface area contributed by atoms with E-state index in [9.17, 15) is 0 Å². The lowest BCUT2D eigenvalue weighted by Gasteiger charge is -2.27. The summed E-state index contributed by atoms with van der Waals surface area (Å²) in [6, 6.07) is 6.83. The maximum absolute atomic E-state index is 5.96. The van der Waals surface area contributed by atoms with Gasteiger partial charge >= 0.3 is 0 Å². The molecule has 3 nitrogen and oxygen atoms in total. The highest BCUT2D eigenvalue weighted by molar-refractivity contribution is 7.07. The topological polar surface area (TPSA) is 42.1 Å². The number of hydrogen-bond donors (Lipinski definition) is 1. The third kappa shape index (κ3) is 3.41. The Hall–Kier alpha value is -1.23. The van der Waals surface area contributed by atoms with Crippen molar-refractivity contribution in [2.24, 2.45) is 5.73 Å². The molecule has 0 saturated heterocycles. The maximum Gasteiger partial charge on any atom is 0.0795 e. The molecule has 0 saturated carbocycles. The second kappa shape index (κ2) is 6.28. The van der Waals surface area contributed by atoms with Crippen LogP contribution in [0.25, 0.3) is 0 Å². The van der Waals surface area contributed by atoms with Crippen LogP contribution in [0.2, 0.25) is 0 Å². The van der Waals surface area contributed by atoms with E-state index in [0.29, 0.717) is 6.54 Å². The van der Waals surface area contributed by atoms with Crippen LogP contribution in [0.4, 0.5) is 0 Å². The fourth-order valence-corrected chi connectivity index (χ4v) is 2.77. The summed E-state index contributed by atoms with van der Waals surface area (Å²) in [7, 11) is 2.10. The Morgan fingerprint density at radius 1 is 1.32 bits per heavy atom. The summed E-state index contributed by atoms with van der Waals surface area (Å²) in [6.07, 6.45) is 0. The number of likely N-dealkylation sites (N-methyl/N-ethyl adjacent to an activating group) is 1. The molecule has 2 rings (SSSR count). The molecule has 4 heteroatoms. The normalized spacial score (nSPS) is 12.9. The highest BCUT2D eigenvalue weighted by Crippen LogP contribution is 2.22. The number of nitrogens with two attached hydrogens (primary N) is 1. The van der Waals surface area contributed by atoms with Crippen molar-refractivity contribution in [2.75, 3.05) is 13.6 Å². The first kappa shape index (κ1) is 14.2. The standard InChI is InChI=1S/C15H21N3S/c1-11-4-5-13(6-12(11)2)15(7-16)18(3)8-14-9-19-10-17-14/h4-6,9-10,15H,7-8,16H2,1-3H3. The number of aromatic nitrogens is 1. The first-order valence-electron chi connectivity index (χ1n) is 6.46. The fraction of sp³-hybridized carbons (Fsp3) is 0.400. The Morgan fingerprint density at radius 3 is 2.68 bits per heavy atom. The summed E-state index contributed by atoms with van der Waals surface area (Å²) < 4.78 is 0. The van der Waals surface area contributed by atoms with E-state index in [1.54, 1.807) is 11.3 Å². The Balaban J connectivity index is 2.16. The summed E-state index contributed by atoms with van der Waals surface area (Å²) in [5.74, 6) is 0. The van der Waals surface area contributed by atoms with Crippen molar-refractivity contribution >= 4 is 11.3 Å². The van der Waals surface area contributed by atoms with Gasteiger partial charge in [-0.2, -0.15) is 0 Å². The minimum absolute atomic E-state index is 0.237. The molecule has 1 heterocycles. The molecule has 1 unspecified atom stereocenters. The van der Waals surface area contributed by atoms with Crippen molar-refractivity contribution in [3.63, 3.8) is 0 Å². The predicted octanol–water partition coefficient (Wildman–Crippen LogP) is 2.89. The Kier molecular flexibility index (Phi) is 4.69. The molecule has 0 spiro atoms. The molecule has 0 amide bonds.